The molecule has 0 bridgehead atoms. The molecule has 1 fully saturated rings. The van der Waals surface area contributed by atoms with Crippen molar-refractivity contribution in [2.75, 3.05) is 31.5 Å². The number of piperazine rings is 1. The number of amides is 2. The highest BCUT2D eigenvalue weighted by molar-refractivity contribution is 5.89. The van der Waals surface area contributed by atoms with E-state index < -0.39 is 0 Å². The van der Waals surface area contributed by atoms with Gasteiger partial charge in [-0.15, -0.1) is 0 Å². The summed E-state index contributed by atoms with van der Waals surface area (Å²) < 4.78 is 18.5. The molecule has 1 N–H and O–H groups in total. The van der Waals surface area contributed by atoms with Crippen LogP contribution in [0.2, 0.25) is 0 Å². The summed E-state index contributed by atoms with van der Waals surface area (Å²) in [5.41, 5.74) is 1.76. The van der Waals surface area contributed by atoms with Crippen molar-refractivity contribution in [3.63, 3.8) is 0 Å². The molecule has 0 saturated carbocycles. The Labute approximate surface area is 174 Å². The van der Waals surface area contributed by atoms with E-state index in [1.165, 1.54) is 36.0 Å². The summed E-state index contributed by atoms with van der Waals surface area (Å²) in [6.07, 6.45) is 5.17. The number of carbonyl (C=O) groups is 1. The van der Waals surface area contributed by atoms with Gasteiger partial charge in [0.15, 0.2) is 0 Å². The van der Waals surface area contributed by atoms with E-state index in [0.717, 1.165) is 19.6 Å². The molecule has 2 aromatic heterocycles. The summed E-state index contributed by atoms with van der Waals surface area (Å²) in [6, 6.07) is 12.9. The molecule has 0 radical (unpaired) electrons. The first kappa shape index (κ1) is 19.8. The Hall–Kier alpha value is -3.52. The minimum absolute atomic E-state index is 0.148. The van der Waals surface area contributed by atoms with Crippen molar-refractivity contribution in [1.82, 2.24) is 19.8 Å². The average Bonchev–Trinajstić information content (AvgIpc) is 2.78. The van der Waals surface area contributed by atoms with Gasteiger partial charge in [-0.3, -0.25) is 9.88 Å². The van der Waals surface area contributed by atoms with Crippen molar-refractivity contribution in [3.8, 4) is 11.6 Å². The molecule has 1 aromatic carbocycles. The van der Waals surface area contributed by atoms with E-state index in [1.54, 1.807) is 23.2 Å². The molecule has 8 heteroatoms. The lowest BCUT2D eigenvalue weighted by molar-refractivity contribution is 0.143. The Bertz CT molecular complexity index is 959. The van der Waals surface area contributed by atoms with E-state index in [1.807, 2.05) is 12.3 Å². The van der Waals surface area contributed by atoms with Gasteiger partial charge in [-0.25, -0.2) is 14.2 Å². The maximum absolute atomic E-state index is 13.0. The van der Waals surface area contributed by atoms with Crippen LogP contribution in [-0.4, -0.2) is 52.0 Å². The van der Waals surface area contributed by atoms with Crippen LogP contribution < -0.4 is 10.1 Å². The normalized spacial score (nSPS) is 14.4. The molecule has 1 aliphatic rings. The third-order valence-corrected chi connectivity index (χ3v) is 4.81. The summed E-state index contributed by atoms with van der Waals surface area (Å²) in [7, 11) is 0. The molecule has 0 unspecified atom stereocenters. The first-order chi connectivity index (χ1) is 14.7. The van der Waals surface area contributed by atoms with Crippen LogP contribution in [0.3, 0.4) is 0 Å². The lowest BCUT2D eigenvalue weighted by atomic mass is 10.2. The van der Waals surface area contributed by atoms with Crippen LogP contribution in [-0.2, 0) is 6.54 Å². The second-order valence-electron chi connectivity index (χ2n) is 7.00. The summed E-state index contributed by atoms with van der Waals surface area (Å²) in [5, 5.41) is 2.87. The predicted octanol–water partition coefficient (Wildman–Crippen LogP) is 3.76. The van der Waals surface area contributed by atoms with Gasteiger partial charge < -0.3 is 15.0 Å². The zero-order valence-electron chi connectivity index (χ0n) is 16.4. The maximum atomic E-state index is 13.0. The average molecular weight is 407 g/mol. The Morgan fingerprint density at radius 3 is 2.50 bits per heavy atom. The lowest BCUT2D eigenvalue weighted by Crippen LogP contribution is -2.49. The number of halogens is 1. The van der Waals surface area contributed by atoms with E-state index in [9.17, 15) is 9.18 Å². The highest BCUT2D eigenvalue weighted by Crippen LogP contribution is 2.21. The minimum atomic E-state index is -0.328. The van der Waals surface area contributed by atoms with Gasteiger partial charge in [0.05, 0.1) is 11.9 Å². The van der Waals surface area contributed by atoms with Crippen molar-refractivity contribution < 1.29 is 13.9 Å². The number of anilines is 1. The van der Waals surface area contributed by atoms with E-state index in [-0.39, 0.29) is 11.8 Å². The monoisotopic (exact) mass is 407 g/mol. The molecule has 1 saturated heterocycles. The van der Waals surface area contributed by atoms with Crippen LogP contribution in [0, 0.1) is 5.82 Å². The van der Waals surface area contributed by atoms with Crippen LogP contribution in [0.15, 0.2) is 67.1 Å². The molecule has 2 amide bonds. The van der Waals surface area contributed by atoms with Crippen molar-refractivity contribution in [1.29, 1.82) is 0 Å². The van der Waals surface area contributed by atoms with Gasteiger partial charge in [-0.05, 0) is 42.0 Å². The van der Waals surface area contributed by atoms with Crippen molar-refractivity contribution in [3.05, 3.63) is 78.5 Å². The zero-order valence-corrected chi connectivity index (χ0v) is 16.4. The van der Waals surface area contributed by atoms with Gasteiger partial charge in [0.25, 0.3) is 0 Å². The molecule has 1 aliphatic heterocycles. The number of aromatic nitrogens is 2. The number of rotatable bonds is 5. The molecule has 30 heavy (non-hydrogen) atoms. The van der Waals surface area contributed by atoms with Gasteiger partial charge in [0, 0.05) is 51.2 Å². The number of nitrogens with zero attached hydrogens (tertiary/aromatic N) is 4. The fraction of sp³-hybridized carbons (Fsp3) is 0.227. The van der Waals surface area contributed by atoms with Crippen LogP contribution in [0.5, 0.6) is 11.6 Å². The third kappa shape index (κ3) is 5.30. The highest BCUT2D eigenvalue weighted by Gasteiger charge is 2.21. The molecule has 3 heterocycles. The summed E-state index contributed by atoms with van der Waals surface area (Å²) >= 11 is 0. The molecule has 4 rings (SSSR count). The highest BCUT2D eigenvalue weighted by atomic mass is 19.1. The van der Waals surface area contributed by atoms with Gasteiger partial charge >= 0.3 is 6.03 Å². The molecule has 0 aliphatic carbocycles. The Morgan fingerprint density at radius 2 is 1.83 bits per heavy atom. The summed E-state index contributed by atoms with van der Waals surface area (Å²) in [4.78, 5) is 25.0. The van der Waals surface area contributed by atoms with Gasteiger partial charge in [-0.1, -0.05) is 6.07 Å². The number of nitrogens with one attached hydrogen (secondary N) is 1. The standard InChI is InChI=1S/C22H22FN5O2/c23-18-3-6-20(7-4-18)30-21-8-5-19(15-25-21)26-22(29)28-12-10-27(11-13-28)16-17-2-1-9-24-14-17/h1-9,14-15H,10-13,16H2,(H,26,29). The van der Waals surface area contributed by atoms with Gasteiger partial charge in [0.2, 0.25) is 5.88 Å². The number of urea groups is 1. The number of pyridine rings is 2. The third-order valence-electron chi connectivity index (χ3n) is 4.81. The van der Waals surface area contributed by atoms with E-state index in [2.05, 4.69) is 26.3 Å². The molecular weight excluding hydrogens is 385 g/mol. The fourth-order valence-corrected chi connectivity index (χ4v) is 3.20. The van der Waals surface area contributed by atoms with E-state index in [0.29, 0.717) is 30.4 Å². The Kier molecular flexibility index (Phi) is 6.14. The number of hydrogen-bond acceptors (Lipinski definition) is 5. The maximum Gasteiger partial charge on any atom is 0.321 e. The second-order valence-corrected chi connectivity index (χ2v) is 7.00. The zero-order chi connectivity index (χ0) is 20.8. The second kappa shape index (κ2) is 9.32. The smallest absolute Gasteiger partial charge is 0.321 e. The fourth-order valence-electron chi connectivity index (χ4n) is 3.20. The van der Waals surface area contributed by atoms with Gasteiger partial charge in [0.1, 0.15) is 11.6 Å². The number of benzene rings is 1. The van der Waals surface area contributed by atoms with Crippen LogP contribution >= 0.6 is 0 Å². The number of ether oxygens (including phenoxy) is 1. The van der Waals surface area contributed by atoms with Crippen molar-refractivity contribution in [2.24, 2.45) is 0 Å². The number of carbonyl (C=O) groups excluding carboxylic acids is 1. The summed E-state index contributed by atoms with van der Waals surface area (Å²) in [6.45, 7) is 3.77. The van der Waals surface area contributed by atoms with E-state index in [4.69, 9.17) is 4.74 Å². The van der Waals surface area contributed by atoms with E-state index >= 15 is 0 Å². The van der Waals surface area contributed by atoms with Crippen molar-refractivity contribution >= 4 is 11.7 Å². The first-order valence-corrected chi connectivity index (χ1v) is 9.72. The van der Waals surface area contributed by atoms with Crippen LogP contribution in [0.4, 0.5) is 14.9 Å². The first-order valence-electron chi connectivity index (χ1n) is 9.72. The molecule has 7 nitrogen and oxygen atoms in total. The molecular formula is C22H22FN5O2. The molecule has 3 aromatic rings. The molecule has 154 valence electrons. The van der Waals surface area contributed by atoms with Crippen LogP contribution in [0.25, 0.3) is 0 Å². The number of hydrogen-bond donors (Lipinski definition) is 1. The Morgan fingerprint density at radius 1 is 1.03 bits per heavy atom. The van der Waals surface area contributed by atoms with Crippen molar-refractivity contribution in [2.45, 2.75) is 6.54 Å². The lowest BCUT2D eigenvalue weighted by Gasteiger charge is -2.34. The topological polar surface area (TPSA) is 70.6 Å². The predicted molar refractivity (Wildman–Crippen MR) is 111 cm³/mol. The molecule has 0 spiro atoms. The molecule has 0 atom stereocenters. The Balaban J connectivity index is 1.25. The summed E-state index contributed by atoms with van der Waals surface area (Å²) in [5.74, 6) is 0.528. The largest absolute Gasteiger partial charge is 0.439 e. The van der Waals surface area contributed by atoms with Crippen LogP contribution in [0.1, 0.15) is 5.56 Å². The minimum Gasteiger partial charge on any atom is -0.439 e. The van der Waals surface area contributed by atoms with Gasteiger partial charge in [-0.2, -0.15) is 0 Å². The SMILES string of the molecule is O=C(Nc1ccc(Oc2ccc(F)cc2)nc1)N1CCN(Cc2cccnc2)CC1. The quantitative estimate of drug-likeness (QED) is 0.697.